The van der Waals surface area contributed by atoms with Crippen LogP contribution in [0.3, 0.4) is 0 Å². The summed E-state index contributed by atoms with van der Waals surface area (Å²) in [6.07, 6.45) is 0. The van der Waals surface area contributed by atoms with Crippen LogP contribution in [0.2, 0.25) is 5.02 Å². The number of aromatic nitrogens is 2. The van der Waals surface area contributed by atoms with Crippen molar-refractivity contribution in [2.45, 2.75) is 11.0 Å². The quantitative estimate of drug-likeness (QED) is 0.370. The smallest absolute Gasteiger partial charge is 0.277 e. The highest BCUT2D eigenvalue weighted by Gasteiger charge is 2.12. The summed E-state index contributed by atoms with van der Waals surface area (Å²) in [6, 6.07) is 25.4. The van der Waals surface area contributed by atoms with Gasteiger partial charge in [-0.1, -0.05) is 78.0 Å². The van der Waals surface area contributed by atoms with Crippen LogP contribution in [0.1, 0.15) is 11.1 Å². The third kappa shape index (κ3) is 3.94. The van der Waals surface area contributed by atoms with Gasteiger partial charge in [-0.2, -0.15) is 5.26 Å². The van der Waals surface area contributed by atoms with Gasteiger partial charge in [0.25, 0.3) is 5.22 Å². The Morgan fingerprint density at radius 3 is 2.50 bits per heavy atom. The summed E-state index contributed by atoms with van der Waals surface area (Å²) in [6.45, 7) is 0. The lowest BCUT2D eigenvalue weighted by Gasteiger charge is -2.06. The number of thioether (sulfide) groups is 1. The molecule has 136 valence electrons. The molecule has 1 aromatic heterocycles. The lowest BCUT2D eigenvalue weighted by atomic mass is 9.99. The molecule has 0 spiro atoms. The molecule has 0 bridgehead atoms. The van der Waals surface area contributed by atoms with Crippen molar-refractivity contribution in [3.63, 3.8) is 0 Å². The molecule has 0 saturated carbocycles. The van der Waals surface area contributed by atoms with Crippen LogP contribution in [-0.2, 0) is 5.75 Å². The predicted molar refractivity (Wildman–Crippen MR) is 111 cm³/mol. The van der Waals surface area contributed by atoms with E-state index in [1.807, 2.05) is 66.7 Å². The van der Waals surface area contributed by atoms with E-state index in [4.69, 9.17) is 16.0 Å². The van der Waals surface area contributed by atoms with Crippen LogP contribution in [0.25, 0.3) is 22.6 Å². The average molecular weight is 404 g/mol. The second kappa shape index (κ2) is 8.30. The van der Waals surface area contributed by atoms with E-state index in [0.717, 1.165) is 16.7 Å². The van der Waals surface area contributed by atoms with Crippen LogP contribution in [0.4, 0.5) is 0 Å². The highest BCUT2D eigenvalue weighted by atomic mass is 35.5. The van der Waals surface area contributed by atoms with Crippen LogP contribution < -0.4 is 0 Å². The van der Waals surface area contributed by atoms with Crippen LogP contribution in [0.5, 0.6) is 0 Å². The molecule has 0 aliphatic rings. The minimum absolute atomic E-state index is 0.394. The third-order valence-electron chi connectivity index (χ3n) is 4.16. The lowest BCUT2D eigenvalue weighted by Crippen LogP contribution is -1.88. The molecule has 0 radical (unpaired) electrons. The first-order valence-corrected chi connectivity index (χ1v) is 9.90. The average Bonchev–Trinajstić information content (AvgIpc) is 3.22. The first-order valence-electron chi connectivity index (χ1n) is 8.54. The molecular weight excluding hydrogens is 390 g/mol. The van der Waals surface area contributed by atoms with E-state index in [2.05, 4.69) is 16.3 Å². The zero-order valence-corrected chi connectivity index (χ0v) is 16.2. The Balaban J connectivity index is 1.50. The molecule has 0 aliphatic heterocycles. The molecular formula is C22H14ClN3OS. The molecule has 0 fully saturated rings. The molecule has 4 nitrogen and oxygen atoms in total. The summed E-state index contributed by atoms with van der Waals surface area (Å²) in [7, 11) is 0. The summed E-state index contributed by atoms with van der Waals surface area (Å²) in [5.41, 5.74) is 4.32. The molecule has 0 aliphatic carbocycles. The molecule has 6 heteroatoms. The van der Waals surface area contributed by atoms with Gasteiger partial charge in [-0.25, -0.2) is 0 Å². The monoisotopic (exact) mass is 403 g/mol. The van der Waals surface area contributed by atoms with Crippen molar-refractivity contribution in [1.82, 2.24) is 10.2 Å². The number of nitrogens with zero attached hydrogens (tertiary/aromatic N) is 3. The Hall–Kier alpha value is -3.07. The molecule has 0 amide bonds. The zero-order valence-electron chi connectivity index (χ0n) is 14.7. The minimum atomic E-state index is 0.394. The van der Waals surface area contributed by atoms with Gasteiger partial charge < -0.3 is 4.42 Å². The summed E-state index contributed by atoms with van der Waals surface area (Å²) < 4.78 is 5.71. The Kier molecular flexibility index (Phi) is 5.43. The van der Waals surface area contributed by atoms with Gasteiger partial charge in [-0.15, -0.1) is 10.2 Å². The van der Waals surface area contributed by atoms with Crippen molar-refractivity contribution in [2.75, 3.05) is 0 Å². The number of hydrogen-bond acceptors (Lipinski definition) is 5. The van der Waals surface area contributed by atoms with E-state index in [-0.39, 0.29) is 0 Å². The Morgan fingerprint density at radius 1 is 0.929 bits per heavy atom. The van der Waals surface area contributed by atoms with E-state index >= 15 is 0 Å². The Bertz CT molecular complexity index is 1150. The first-order chi connectivity index (χ1) is 13.7. The third-order valence-corrected chi connectivity index (χ3v) is 5.38. The van der Waals surface area contributed by atoms with E-state index in [1.165, 1.54) is 11.8 Å². The molecule has 1 heterocycles. The number of benzene rings is 3. The topological polar surface area (TPSA) is 62.7 Å². The van der Waals surface area contributed by atoms with E-state index < -0.39 is 0 Å². The highest BCUT2D eigenvalue weighted by Crippen LogP contribution is 2.31. The molecule has 4 aromatic rings. The van der Waals surface area contributed by atoms with Gasteiger partial charge >= 0.3 is 0 Å². The van der Waals surface area contributed by atoms with Crippen molar-refractivity contribution in [2.24, 2.45) is 0 Å². The maximum Gasteiger partial charge on any atom is 0.277 e. The van der Waals surface area contributed by atoms with Gasteiger partial charge in [0, 0.05) is 5.75 Å². The van der Waals surface area contributed by atoms with E-state index in [0.29, 0.717) is 33.0 Å². The standard InChI is InChI=1S/C22H14ClN3OS/c23-20-9-5-4-8-19(20)21-25-26-22(27-21)28-14-15-10-11-18(17(12-15)13-24)16-6-2-1-3-7-16/h1-12H,14H2. The van der Waals surface area contributed by atoms with Gasteiger partial charge in [0.05, 0.1) is 22.2 Å². The van der Waals surface area contributed by atoms with Gasteiger partial charge in [0.15, 0.2) is 0 Å². The minimum Gasteiger partial charge on any atom is -0.411 e. The molecule has 0 N–H and O–H groups in total. The Morgan fingerprint density at radius 2 is 1.71 bits per heavy atom. The molecule has 0 atom stereocenters. The SMILES string of the molecule is N#Cc1cc(CSc2nnc(-c3ccccc3Cl)o2)ccc1-c1ccccc1. The zero-order chi connectivity index (χ0) is 19.3. The van der Waals surface area contributed by atoms with Gasteiger partial charge in [-0.3, -0.25) is 0 Å². The molecule has 0 unspecified atom stereocenters. The van der Waals surface area contributed by atoms with Crippen molar-refractivity contribution >= 4 is 23.4 Å². The number of rotatable bonds is 5. The highest BCUT2D eigenvalue weighted by molar-refractivity contribution is 7.98. The maximum absolute atomic E-state index is 9.53. The largest absolute Gasteiger partial charge is 0.411 e. The molecule has 4 rings (SSSR count). The predicted octanol–water partition coefficient (Wildman–Crippen LogP) is 6.22. The van der Waals surface area contributed by atoms with Gasteiger partial charge in [-0.05, 0) is 34.9 Å². The fraction of sp³-hybridized carbons (Fsp3) is 0.0455. The van der Waals surface area contributed by atoms with E-state index in [9.17, 15) is 5.26 Å². The van der Waals surface area contributed by atoms with Gasteiger partial charge in [0.2, 0.25) is 5.89 Å². The summed E-state index contributed by atoms with van der Waals surface area (Å²) in [4.78, 5) is 0. The van der Waals surface area contributed by atoms with Crippen LogP contribution in [-0.4, -0.2) is 10.2 Å². The number of hydrogen-bond donors (Lipinski definition) is 0. The Labute approximate surface area is 171 Å². The number of nitriles is 1. The van der Waals surface area contributed by atoms with Crippen LogP contribution >= 0.6 is 23.4 Å². The summed E-state index contributed by atoms with van der Waals surface area (Å²) >= 11 is 7.60. The molecule has 0 saturated heterocycles. The van der Waals surface area contributed by atoms with Crippen LogP contribution in [0, 0.1) is 11.3 Å². The van der Waals surface area contributed by atoms with Crippen molar-refractivity contribution in [3.8, 4) is 28.7 Å². The molecule has 28 heavy (non-hydrogen) atoms. The normalized spacial score (nSPS) is 10.6. The second-order valence-electron chi connectivity index (χ2n) is 6.00. The number of halogens is 1. The molecule has 3 aromatic carbocycles. The lowest BCUT2D eigenvalue weighted by molar-refractivity contribution is 0.466. The van der Waals surface area contributed by atoms with Crippen molar-refractivity contribution < 1.29 is 4.42 Å². The second-order valence-corrected chi connectivity index (χ2v) is 7.33. The first kappa shape index (κ1) is 18.3. The van der Waals surface area contributed by atoms with Crippen LogP contribution in [0.15, 0.2) is 82.4 Å². The summed E-state index contributed by atoms with van der Waals surface area (Å²) in [5.74, 6) is 1.01. The van der Waals surface area contributed by atoms with E-state index in [1.54, 1.807) is 6.07 Å². The fourth-order valence-corrected chi connectivity index (χ4v) is 3.72. The fourth-order valence-electron chi connectivity index (χ4n) is 2.80. The van der Waals surface area contributed by atoms with Gasteiger partial charge in [0.1, 0.15) is 0 Å². The maximum atomic E-state index is 9.53. The van der Waals surface area contributed by atoms with Crippen molar-refractivity contribution in [1.29, 1.82) is 5.26 Å². The van der Waals surface area contributed by atoms with Crippen molar-refractivity contribution in [3.05, 3.63) is 88.9 Å². The summed E-state index contributed by atoms with van der Waals surface area (Å²) in [5, 5.41) is 18.7.